The third-order valence-electron chi connectivity index (χ3n) is 3.64. The summed E-state index contributed by atoms with van der Waals surface area (Å²) < 4.78 is 6.00. The summed E-state index contributed by atoms with van der Waals surface area (Å²) in [5.74, 6) is 1.51. The molecule has 0 amide bonds. The van der Waals surface area contributed by atoms with Gasteiger partial charge in [-0.1, -0.05) is 38.1 Å². The highest BCUT2D eigenvalue weighted by molar-refractivity contribution is 5.40. The van der Waals surface area contributed by atoms with Crippen molar-refractivity contribution >= 4 is 5.69 Å². The molecular weight excluding hydrogens is 258 g/mol. The van der Waals surface area contributed by atoms with Crippen molar-refractivity contribution < 1.29 is 4.74 Å². The van der Waals surface area contributed by atoms with Crippen molar-refractivity contribution in [3.8, 4) is 5.75 Å². The minimum atomic E-state index is 0.484. The molecule has 0 aliphatic heterocycles. The molecule has 0 unspecified atom stereocenters. The molecule has 0 spiro atoms. The van der Waals surface area contributed by atoms with Gasteiger partial charge in [-0.05, 0) is 60.6 Å². The zero-order valence-electron chi connectivity index (χ0n) is 13.2. The topological polar surface area (TPSA) is 35.2 Å². The molecule has 2 rings (SSSR count). The van der Waals surface area contributed by atoms with E-state index in [-0.39, 0.29) is 0 Å². The monoisotopic (exact) mass is 283 g/mol. The molecule has 112 valence electrons. The molecule has 0 bridgehead atoms. The van der Waals surface area contributed by atoms with E-state index in [4.69, 9.17) is 10.5 Å². The minimum Gasteiger partial charge on any atom is -0.493 e. The summed E-state index contributed by atoms with van der Waals surface area (Å²) in [6.45, 7) is 7.25. The van der Waals surface area contributed by atoms with Crippen LogP contribution in [0.2, 0.25) is 0 Å². The first-order chi connectivity index (χ1) is 10.1. The Labute approximate surface area is 127 Å². The van der Waals surface area contributed by atoms with Crippen LogP contribution in [0.25, 0.3) is 0 Å². The van der Waals surface area contributed by atoms with Crippen LogP contribution in [0.5, 0.6) is 5.75 Å². The first kappa shape index (κ1) is 15.4. The SMILES string of the molecule is Cc1ccc(C(C)C)c(OCCCc2ccc(N)cc2)c1. The first-order valence-electron chi connectivity index (χ1n) is 7.64. The number of benzene rings is 2. The fraction of sp³-hybridized carbons (Fsp3) is 0.368. The van der Waals surface area contributed by atoms with Crippen LogP contribution in [0.15, 0.2) is 42.5 Å². The predicted octanol–water partition coefficient (Wildman–Crippen LogP) is 4.71. The van der Waals surface area contributed by atoms with Crippen LogP contribution < -0.4 is 10.5 Å². The van der Waals surface area contributed by atoms with Gasteiger partial charge in [-0.25, -0.2) is 0 Å². The Hall–Kier alpha value is -1.96. The third kappa shape index (κ3) is 4.52. The second-order valence-electron chi connectivity index (χ2n) is 5.89. The molecule has 0 atom stereocenters. The molecular formula is C19H25NO. The van der Waals surface area contributed by atoms with Gasteiger partial charge >= 0.3 is 0 Å². The van der Waals surface area contributed by atoms with E-state index in [0.717, 1.165) is 30.9 Å². The van der Waals surface area contributed by atoms with E-state index >= 15 is 0 Å². The number of hydrogen-bond donors (Lipinski definition) is 1. The highest BCUT2D eigenvalue weighted by Crippen LogP contribution is 2.27. The summed E-state index contributed by atoms with van der Waals surface area (Å²) in [4.78, 5) is 0. The van der Waals surface area contributed by atoms with Gasteiger partial charge in [0.15, 0.2) is 0 Å². The maximum absolute atomic E-state index is 6.00. The van der Waals surface area contributed by atoms with Gasteiger partial charge in [-0.3, -0.25) is 0 Å². The van der Waals surface area contributed by atoms with Crippen LogP contribution in [-0.2, 0) is 6.42 Å². The maximum Gasteiger partial charge on any atom is 0.122 e. The van der Waals surface area contributed by atoms with E-state index in [1.807, 2.05) is 12.1 Å². The van der Waals surface area contributed by atoms with Crippen LogP contribution in [0.3, 0.4) is 0 Å². The number of ether oxygens (including phenoxy) is 1. The number of nitrogen functional groups attached to an aromatic ring is 1. The highest BCUT2D eigenvalue weighted by atomic mass is 16.5. The normalized spacial score (nSPS) is 10.9. The number of hydrogen-bond acceptors (Lipinski definition) is 2. The predicted molar refractivity (Wildman–Crippen MR) is 89.9 cm³/mol. The average Bonchev–Trinajstić information content (AvgIpc) is 2.45. The highest BCUT2D eigenvalue weighted by Gasteiger charge is 2.07. The molecule has 0 saturated heterocycles. The van der Waals surface area contributed by atoms with Crippen molar-refractivity contribution in [1.29, 1.82) is 0 Å². The van der Waals surface area contributed by atoms with Crippen LogP contribution in [0.4, 0.5) is 5.69 Å². The Morgan fingerprint density at radius 3 is 2.43 bits per heavy atom. The van der Waals surface area contributed by atoms with E-state index in [9.17, 15) is 0 Å². The number of nitrogens with two attached hydrogens (primary N) is 1. The summed E-state index contributed by atoms with van der Waals surface area (Å²) in [7, 11) is 0. The van der Waals surface area contributed by atoms with Gasteiger partial charge < -0.3 is 10.5 Å². The fourth-order valence-electron chi connectivity index (χ4n) is 2.39. The Morgan fingerprint density at radius 2 is 1.76 bits per heavy atom. The molecule has 2 nitrogen and oxygen atoms in total. The quantitative estimate of drug-likeness (QED) is 0.615. The number of anilines is 1. The molecule has 0 aliphatic carbocycles. The molecule has 21 heavy (non-hydrogen) atoms. The molecule has 0 radical (unpaired) electrons. The molecule has 0 fully saturated rings. The second kappa shape index (κ2) is 7.16. The smallest absolute Gasteiger partial charge is 0.122 e. The van der Waals surface area contributed by atoms with Gasteiger partial charge in [0.05, 0.1) is 6.61 Å². The lowest BCUT2D eigenvalue weighted by Gasteiger charge is -2.15. The Morgan fingerprint density at radius 1 is 1.05 bits per heavy atom. The van der Waals surface area contributed by atoms with E-state index in [2.05, 4.69) is 51.1 Å². The zero-order valence-corrected chi connectivity index (χ0v) is 13.2. The third-order valence-corrected chi connectivity index (χ3v) is 3.64. The summed E-state index contributed by atoms with van der Waals surface area (Å²) in [5, 5.41) is 0. The Bertz CT molecular complexity index is 573. The van der Waals surface area contributed by atoms with Crippen molar-refractivity contribution in [3.05, 3.63) is 59.2 Å². The summed E-state index contributed by atoms with van der Waals surface area (Å²) in [6.07, 6.45) is 2.03. The lowest BCUT2D eigenvalue weighted by molar-refractivity contribution is 0.306. The lowest BCUT2D eigenvalue weighted by atomic mass is 10.0. The van der Waals surface area contributed by atoms with E-state index in [0.29, 0.717) is 5.92 Å². The van der Waals surface area contributed by atoms with Gasteiger partial charge in [0.2, 0.25) is 0 Å². The zero-order chi connectivity index (χ0) is 15.2. The van der Waals surface area contributed by atoms with Gasteiger partial charge in [0.25, 0.3) is 0 Å². The first-order valence-corrected chi connectivity index (χ1v) is 7.64. The van der Waals surface area contributed by atoms with Gasteiger partial charge in [0, 0.05) is 5.69 Å². The minimum absolute atomic E-state index is 0.484. The van der Waals surface area contributed by atoms with E-state index in [1.54, 1.807) is 0 Å². The van der Waals surface area contributed by atoms with Crippen molar-refractivity contribution in [2.24, 2.45) is 0 Å². The van der Waals surface area contributed by atoms with Crippen molar-refractivity contribution in [3.63, 3.8) is 0 Å². The average molecular weight is 283 g/mol. The molecule has 2 N–H and O–H groups in total. The fourth-order valence-corrected chi connectivity index (χ4v) is 2.39. The molecule has 0 aliphatic rings. The van der Waals surface area contributed by atoms with Crippen LogP contribution in [0.1, 0.15) is 42.9 Å². The summed E-state index contributed by atoms with van der Waals surface area (Å²) in [6, 6.07) is 14.5. The van der Waals surface area contributed by atoms with Gasteiger partial charge in [-0.15, -0.1) is 0 Å². The largest absolute Gasteiger partial charge is 0.493 e. The molecule has 0 aromatic heterocycles. The molecule has 0 heterocycles. The van der Waals surface area contributed by atoms with Crippen molar-refractivity contribution in [2.75, 3.05) is 12.3 Å². The molecule has 2 aromatic carbocycles. The molecule has 2 heteroatoms. The molecule has 2 aromatic rings. The summed E-state index contributed by atoms with van der Waals surface area (Å²) in [5.41, 5.74) is 10.3. The Balaban J connectivity index is 1.88. The standard InChI is InChI=1S/C19H25NO/c1-14(2)18-11-6-15(3)13-19(18)21-12-4-5-16-7-9-17(20)10-8-16/h6-11,13-14H,4-5,12,20H2,1-3H3. The van der Waals surface area contributed by atoms with E-state index in [1.165, 1.54) is 16.7 Å². The van der Waals surface area contributed by atoms with Gasteiger partial charge in [-0.2, -0.15) is 0 Å². The maximum atomic E-state index is 6.00. The second-order valence-corrected chi connectivity index (χ2v) is 5.89. The van der Waals surface area contributed by atoms with Crippen molar-refractivity contribution in [2.45, 2.75) is 39.5 Å². The number of aryl methyl sites for hydroxylation is 2. The molecule has 0 saturated carbocycles. The Kier molecular flexibility index (Phi) is 5.26. The summed E-state index contributed by atoms with van der Waals surface area (Å²) >= 11 is 0. The van der Waals surface area contributed by atoms with Gasteiger partial charge in [0.1, 0.15) is 5.75 Å². The lowest BCUT2D eigenvalue weighted by Crippen LogP contribution is -2.03. The van der Waals surface area contributed by atoms with Crippen LogP contribution in [0, 0.1) is 6.92 Å². The van der Waals surface area contributed by atoms with Crippen LogP contribution in [-0.4, -0.2) is 6.61 Å². The van der Waals surface area contributed by atoms with E-state index < -0.39 is 0 Å². The number of rotatable bonds is 6. The van der Waals surface area contributed by atoms with Crippen LogP contribution >= 0.6 is 0 Å². The van der Waals surface area contributed by atoms with Crippen molar-refractivity contribution in [1.82, 2.24) is 0 Å².